The number of hydrogen-bond acceptors (Lipinski definition) is 5. The van der Waals surface area contributed by atoms with Gasteiger partial charge in [-0.1, -0.05) is 67.8 Å². The number of pyridine rings is 2. The van der Waals surface area contributed by atoms with Gasteiger partial charge < -0.3 is 10.2 Å². The maximum absolute atomic E-state index is 13.5. The largest absolute Gasteiger partial charge is 0.354 e. The Morgan fingerprint density at radius 3 is 2.30 bits per heavy atom. The van der Waals surface area contributed by atoms with Crippen molar-refractivity contribution in [3.8, 4) is 5.69 Å². The van der Waals surface area contributed by atoms with Gasteiger partial charge in [-0.05, 0) is 35.7 Å². The summed E-state index contributed by atoms with van der Waals surface area (Å²) in [6.07, 6.45) is 6.80. The number of rotatable bonds is 9. The lowest BCUT2D eigenvalue weighted by atomic mass is 10.2. The number of nitrogens with zero attached hydrogens (tertiary/aromatic N) is 4. The molecule has 1 aliphatic heterocycles. The van der Waals surface area contributed by atoms with E-state index in [-0.39, 0.29) is 5.43 Å². The van der Waals surface area contributed by atoms with Crippen molar-refractivity contribution in [1.29, 1.82) is 0 Å². The molecule has 1 saturated heterocycles. The number of piperazine rings is 1. The third kappa shape index (κ3) is 5.78. The Morgan fingerprint density at radius 2 is 1.65 bits per heavy atom. The number of anilines is 2. The first-order valence-electron chi connectivity index (χ1n) is 13.1. The molecule has 7 nitrogen and oxygen atoms in total. The van der Waals surface area contributed by atoms with Crippen molar-refractivity contribution in [3.63, 3.8) is 0 Å². The van der Waals surface area contributed by atoms with Crippen molar-refractivity contribution in [2.24, 2.45) is 0 Å². The van der Waals surface area contributed by atoms with Gasteiger partial charge in [0.2, 0.25) is 0 Å². The van der Waals surface area contributed by atoms with Crippen molar-refractivity contribution in [2.45, 2.75) is 5.75 Å². The molecule has 4 aromatic rings. The number of fused-ring (bicyclic) bond motifs is 1. The van der Waals surface area contributed by atoms with Gasteiger partial charge in [-0.2, -0.15) is 0 Å². The Bertz CT molecular complexity index is 1720. The number of nitrogens with one attached hydrogen (secondary N) is 1. The zero-order chi connectivity index (χ0) is 28.1. The number of aromatic nitrogens is 2. The number of hydrogen-bond donors (Lipinski definition) is 1. The molecule has 2 aromatic carbocycles. The molecule has 0 saturated carbocycles. The second kappa shape index (κ2) is 11.8. The highest BCUT2D eigenvalue weighted by Gasteiger charge is 2.24. The Morgan fingerprint density at radius 1 is 0.975 bits per heavy atom. The van der Waals surface area contributed by atoms with E-state index in [2.05, 4.69) is 34.2 Å². The van der Waals surface area contributed by atoms with Crippen molar-refractivity contribution >= 4 is 38.1 Å². The molecule has 0 amide bonds. The molecular formula is C32H33N5O2S. The minimum atomic E-state index is -2.44. The van der Waals surface area contributed by atoms with Gasteiger partial charge in [0.25, 0.3) is 0 Å². The fraction of sp³-hybridized carbons (Fsp3) is 0.156. The van der Waals surface area contributed by atoms with Crippen LogP contribution in [0.5, 0.6) is 0 Å². The predicted molar refractivity (Wildman–Crippen MR) is 169 cm³/mol. The Labute approximate surface area is 235 Å². The molecule has 1 unspecified atom stereocenters. The van der Waals surface area contributed by atoms with Crippen LogP contribution in [0.15, 0.2) is 121 Å². The second-order valence-electron chi connectivity index (χ2n) is 9.63. The average molecular weight is 552 g/mol. The summed E-state index contributed by atoms with van der Waals surface area (Å²) >= 11 is 0. The van der Waals surface area contributed by atoms with E-state index >= 15 is 0 Å². The number of para-hydroxylation sites is 1. The lowest BCUT2D eigenvalue weighted by Gasteiger charge is -2.37. The van der Waals surface area contributed by atoms with Gasteiger partial charge in [0.15, 0.2) is 5.43 Å². The normalized spacial score (nSPS) is 15.9. The van der Waals surface area contributed by atoms with Crippen molar-refractivity contribution in [3.05, 3.63) is 132 Å². The quantitative estimate of drug-likeness (QED) is 0.234. The summed E-state index contributed by atoms with van der Waals surface area (Å²) in [5.74, 6) is 5.89. The average Bonchev–Trinajstić information content (AvgIpc) is 2.97. The van der Waals surface area contributed by atoms with Gasteiger partial charge in [0, 0.05) is 65.6 Å². The Hall–Kier alpha value is -4.40. The van der Waals surface area contributed by atoms with Crippen LogP contribution in [0.1, 0.15) is 5.56 Å². The molecular weight excluding hydrogens is 518 g/mol. The van der Waals surface area contributed by atoms with E-state index in [9.17, 15) is 9.00 Å². The zero-order valence-corrected chi connectivity index (χ0v) is 23.2. The van der Waals surface area contributed by atoms with Gasteiger partial charge in [-0.3, -0.25) is 13.6 Å². The summed E-state index contributed by atoms with van der Waals surface area (Å²) in [4.78, 5) is 20.0. The van der Waals surface area contributed by atoms with Crippen LogP contribution in [-0.4, -0.2) is 50.1 Å². The molecule has 8 heteroatoms. The molecule has 0 radical (unpaired) electrons. The minimum Gasteiger partial charge on any atom is -0.354 e. The molecule has 40 heavy (non-hydrogen) atoms. The van der Waals surface area contributed by atoms with Crippen LogP contribution < -0.4 is 15.6 Å². The molecule has 1 aliphatic rings. The monoisotopic (exact) mass is 551 g/mol. The van der Waals surface area contributed by atoms with Crippen LogP contribution in [0, 0.1) is 0 Å². The molecule has 0 bridgehead atoms. The summed E-state index contributed by atoms with van der Waals surface area (Å²) in [5, 5.41) is 3.85. The molecule has 0 spiro atoms. The summed E-state index contributed by atoms with van der Waals surface area (Å²) in [7, 11) is -2.44. The van der Waals surface area contributed by atoms with Crippen LogP contribution in [0.25, 0.3) is 16.6 Å². The first-order valence-corrected chi connectivity index (χ1v) is 15.0. The van der Waals surface area contributed by atoms with Gasteiger partial charge in [-0.15, -0.1) is 0 Å². The minimum absolute atomic E-state index is 0.131. The summed E-state index contributed by atoms with van der Waals surface area (Å²) in [6, 6.07) is 23.3. The first kappa shape index (κ1) is 27.2. The standard InChI is InChI=1S/C32H33N5O2S/c1-4-12-26(5-2)34-32-22-30(38)28-23-33-31(21-29(28)37(32)27-15-10-7-11-16-27)35-17-19-36(20-18-35)40(3,39)24-25-13-8-6-9-14-25/h4-16,21-23,34H,1-3,17-20,24H2/b26-12+. The van der Waals surface area contributed by atoms with Crippen LogP contribution >= 0.6 is 0 Å². The number of benzene rings is 2. The topological polar surface area (TPSA) is 70.5 Å². The van der Waals surface area contributed by atoms with Gasteiger partial charge in [0.05, 0.1) is 16.7 Å². The van der Waals surface area contributed by atoms with Crippen LogP contribution in [0.4, 0.5) is 11.6 Å². The fourth-order valence-corrected chi connectivity index (χ4v) is 6.66. The van der Waals surface area contributed by atoms with E-state index < -0.39 is 9.71 Å². The summed E-state index contributed by atoms with van der Waals surface area (Å²) < 4.78 is 17.5. The van der Waals surface area contributed by atoms with Gasteiger partial charge in [-0.25, -0.2) is 9.29 Å². The van der Waals surface area contributed by atoms with E-state index in [1.54, 1.807) is 30.5 Å². The van der Waals surface area contributed by atoms with Gasteiger partial charge >= 0.3 is 0 Å². The fourth-order valence-electron chi connectivity index (χ4n) is 4.94. The van der Waals surface area contributed by atoms with E-state index in [1.165, 1.54) is 0 Å². The molecule has 1 fully saturated rings. The Balaban J connectivity index is 1.48. The predicted octanol–water partition coefficient (Wildman–Crippen LogP) is 5.01. The molecule has 2 aromatic heterocycles. The third-order valence-electron chi connectivity index (χ3n) is 6.96. The zero-order valence-electron chi connectivity index (χ0n) is 22.4. The van der Waals surface area contributed by atoms with Crippen molar-refractivity contribution in [1.82, 2.24) is 13.9 Å². The van der Waals surface area contributed by atoms with Crippen molar-refractivity contribution in [2.75, 3.05) is 36.4 Å². The maximum atomic E-state index is 13.5. The molecule has 1 atom stereocenters. The maximum Gasteiger partial charge on any atom is 0.193 e. The highest BCUT2D eigenvalue weighted by atomic mass is 32.2. The molecule has 3 heterocycles. The Kier molecular flexibility index (Phi) is 8.00. The summed E-state index contributed by atoms with van der Waals surface area (Å²) in [5.41, 5.74) is 3.24. The second-order valence-corrected chi connectivity index (χ2v) is 12.0. The SMILES string of the molecule is C=C/C=C(\C=C)Nc1cc(=O)c2cnc(N3CCN(S(=C)(=O)Cc4ccccc4)CC3)cc2n1-c1ccccc1. The van der Waals surface area contributed by atoms with Crippen LogP contribution in [0.2, 0.25) is 0 Å². The molecule has 0 aliphatic carbocycles. The van der Waals surface area contributed by atoms with E-state index in [0.29, 0.717) is 43.1 Å². The first-order chi connectivity index (χ1) is 19.4. The lowest BCUT2D eigenvalue weighted by Crippen LogP contribution is -2.49. The van der Waals surface area contributed by atoms with E-state index in [1.807, 2.05) is 75.6 Å². The van der Waals surface area contributed by atoms with Crippen LogP contribution in [-0.2, 0) is 15.5 Å². The van der Waals surface area contributed by atoms with Crippen molar-refractivity contribution < 1.29 is 4.21 Å². The highest BCUT2D eigenvalue weighted by Crippen LogP contribution is 2.27. The molecule has 1 N–H and O–H groups in total. The van der Waals surface area contributed by atoms with E-state index in [0.717, 1.165) is 28.3 Å². The smallest absolute Gasteiger partial charge is 0.193 e. The third-order valence-corrected chi connectivity index (χ3v) is 9.05. The number of allylic oxidation sites excluding steroid dienone is 3. The highest BCUT2D eigenvalue weighted by molar-refractivity contribution is 7.97. The molecule has 204 valence electrons. The lowest BCUT2D eigenvalue weighted by molar-refractivity contribution is 0.407. The van der Waals surface area contributed by atoms with Crippen LogP contribution in [0.3, 0.4) is 0 Å². The molecule has 5 rings (SSSR count). The summed E-state index contributed by atoms with van der Waals surface area (Å²) in [6.45, 7) is 10.2. The van der Waals surface area contributed by atoms with E-state index in [4.69, 9.17) is 0 Å². The van der Waals surface area contributed by atoms with Gasteiger partial charge in [0.1, 0.15) is 11.6 Å².